The van der Waals surface area contributed by atoms with Gasteiger partial charge in [0.25, 0.3) is 0 Å². The molecule has 1 heterocycles. The van der Waals surface area contributed by atoms with Crippen LogP contribution in [0.1, 0.15) is 22.8 Å². The van der Waals surface area contributed by atoms with Crippen molar-refractivity contribution in [3.8, 4) is 0 Å². The van der Waals surface area contributed by atoms with E-state index >= 15 is 0 Å². The van der Waals surface area contributed by atoms with Crippen LogP contribution in [0.5, 0.6) is 0 Å². The van der Waals surface area contributed by atoms with Gasteiger partial charge in [-0.2, -0.15) is 0 Å². The molecule has 0 aliphatic rings. The average Bonchev–Trinajstić information content (AvgIpc) is 2.75. The van der Waals surface area contributed by atoms with Crippen molar-refractivity contribution in [1.82, 2.24) is 4.98 Å². The van der Waals surface area contributed by atoms with Crippen molar-refractivity contribution >= 4 is 11.6 Å². The van der Waals surface area contributed by atoms with Crippen LogP contribution in [0.15, 0.2) is 34.9 Å². The molecule has 0 unspecified atom stereocenters. The largest absolute Gasteiger partial charge is 0.446 e. The summed E-state index contributed by atoms with van der Waals surface area (Å²) in [7, 11) is 0. The van der Waals surface area contributed by atoms with Gasteiger partial charge in [0.2, 0.25) is 0 Å². The first kappa shape index (κ1) is 12.2. The minimum atomic E-state index is 0.553. The number of aromatic nitrogens is 1. The van der Waals surface area contributed by atoms with Gasteiger partial charge in [0.15, 0.2) is 5.89 Å². The van der Waals surface area contributed by atoms with Gasteiger partial charge in [-0.3, -0.25) is 0 Å². The van der Waals surface area contributed by atoms with E-state index in [9.17, 15) is 0 Å². The fourth-order valence-electron chi connectivity index (χ4n) is 1.80. The Morgan fingerprint density at radius 3 is 2.88 bits per heavy atom. The van der Waals surface area contributed by atoms with Crippen LogP contribution in [-0.2, 0) is 19.3 Å². The van der Waals surface area contributed by atoms with E-state index in [1.54, 1.807) is 6.20 Å². The van der Waals surface area contributed by atoms with Gasteiger partial charge in [-0.1, -0.05) is 29.8 Å². The minimum Gasteiger partial charge on any atom is -0.446 e. The Balaban J connectivity index is 1.93. The highest BCUT2D eigenvalue weighted by atomic mass is 35.5. The third-order valence-electron chi connectivity index (χ3n) is 2.65. The predicted molar refractivity (Wildman–Crippen MR) is 69.5 cm³/mol. The second kappa shape index (κ2) is 5.87. The molecule has 17 heavy (non-hydrogen) atoms. The molecular formula is C14H16ClNO. The lowest BCUT2D eigenvalue weighted by molar-refractivity contribution is 0.459. The van der Waals surface area contributed by atoms with E-state index in [-0.39, 0.29) is 0 Å². The molecule has 2 aromatic rings. The zero-order chi connectivity index (χ0) is 12.1. The monoisotopic (exact) mass is 249 g/mol. The van der Waals surface area contributed by atoms with Crippen molar-refractivity contribution in [2.24, 2.45) is 0 Å². The summed E-state index contributed by atoms with van der Waals surface area (Å²) in [6.45, 7) is 2.11. The van der Waals surface area contributed by atoms with Crippen molar-refractivity contribution in [1.29, 1.82) is 0 Å². The van der Waals surface area contributed by atoms with Crippen LogP contribution in [-0.4, -0.2) is 10.9 Å². The molecule has 0 N–H and O–H groups in total. The first-order chi connectivity index (χ1) is 8.28. The van der Waals surface area contributed by atoms with E-state index in [4.69, 9.17) is 16.0 Å². The maximum Gasteiger partial charge on any atom is 0.195 e. The first-order valence-electron chi connectivity index (χ1n) is 5.83. The summed E-state index contributed by atoms with van der Waals surface area (Å²) in [5.41, 5.74) is 2.63. The first-order valence-corrected chi connectivity index (χ1v) is 6.36. The van der Waals surface area contributed by atoms with Gasteiger partial charge in [0.1, 0.15) is 5.76 Å². The molecule has 1 aromatic carbocycles. The third-order valence-corrected chi connectivity index (χ3v) is 2.84. The molecule has 0 saturated carbocycles. The molecule has 90 valence electrons. The normalized spacial score (nSPS) is 10.7. The summed E-state index contributed by atoms with van der Waals surface area (Å²) < 4.78 is 5.58. The summed E-state index contributed by atoms with van der Waals surface area (Å²) in [6, 6.07) is 8.54. The molecule has 0 bridgehead atoms. The van der Waals surface area contributed by atoms with Crippen LogP contribution in [0.25, 0.3) is 0 Å². The van der Waals surface area contributed by atoms with E-state index in [0.717, 1.165) is 24.5 Å². The van der Waals surface area contributed by atoms with Crippen molar-refractivity contribution in [2.45, 2.75) is 26.2 Å². The number of nitrogens with zero attached hydrogens (tertiary/aromatic N) is 1. The van der Waals surface area contributed by atoms with Crippen LogP contribution in [0.3, 0.4) is 0 Å². The maximum atomic E-state index is 5.64. The minimum absolute atomic E-state index is 0.553. The lowest BCUT2D eigenvalue weighted by atomic mass is 10.1. The van der Waals surface area contributed by atoms with E-state index in [1.807, 2.05) is 0 Å². The standard InChI is InChI=1S/C14H16ClNO/c1-11-3-2-4-12(9-11)5-6-13-10-16-14(17-13)7-8-15/h2-4,9-10H,5-8H2,1H3. The summed E-state index contributed by atoms with van der Waals surface area (Å²) in [5.74, 6) is 2.23. The SMILES string of the molecule is Cc1cccc(CCc2cnc(CCCl)o2)c1. The topological polar surface area (TPSA) is 26.0 Å². The Bertz CT molecular complexity index is 479. The van der Waals surface area contributed by atoms with Crippen molar-refractivity contribution in [2.75, 3.05) is 5.88 Å². The second-order valence-corrected chi connectivity index (χ2v) is 4.53. The third kappa shape index (κ3) is 3.60. The van der Waals surface area contributed by atoms with Gasteiger partial charge < -0.3 is 4.42 Å². The van der Waals surface area contributed by atoms with Gasteiger partial charge in [-0.05, 0) is 18.9 Å². The maximum absolute atomic E-state index is 5.64. The van der Waals surface area contributed by atoms with Crippen molar-refractivity contribution in [3.63, 3.8) is 0 Å². The average molecular weight is 250 g/mol. The number of alkyl halides is 1. The fourth-order valence-corrected chi connectivity index (χ4v) is 1.96. The zero-order valence-corrected chi connectivity index (χ0v) is 10.7. The van der Waals surface area contributed by atoms with Crippen LogP contribution >= 0.6 is 11.6 Å². The Morgan fingerprint density at radius 1 is 1.24 bits per heavy atom. The molecule has 0 saturated heterocycles. The highest BCUT2D eigenvalue weighted by Crippen LogP contribution is 2.11. The van der Waals surface area contributed by atoms with Gasteiger partial charge in [0, 0.05) is 18.7 Å². The zero-order valence-electron chi connectivity index (χ0n) is 9.95. The van der Waals surface area contributed by atoms with Crippen LogP contribution in [0, 0.1) is 6.92 Å². The summed E-state index contributed by atoms with van der Waals surface area (Å²) >= 11 is 5.64. The second-order valence-electron chi connectivity index (χ2n) is 4.15. The summed E-state index contributed by atoms with van der Waals surface area (Å²) in [4.78, 5) is 4.18. The molecule has 0 amide bonds. The number of hydrogen-bond donors (Lipinski definition) is 0. The molecule has 1 aromatic heterocycles. The number of rotatable bonds is 5. The smallest absolute Gasteiger partial charge is 0.195 e. The molecular weight excluding hydrogens is 234 g/mol. The lowest BCUT2D eigenvalue weighted by Gasteiger charge is -2.00. The number of oxazole rings is 1. The number of aryl methyl sites for hydroxylation is 4. The molecule has 0 fully saturated rings. The molecule has 0 aliphatic heterocycles. The number of halogens is 1. The summed E-state index contributed by atoms with van der Waals surface area (Å²) in [6.07, 6.45) is 4.37. The number of hydrogen-bond acceptors (Lipinski definition) is 2. The Labute approximate surface area is 107 Å². The van der Waals surface area contributed by atoms with Gasteiger partial charge in [0.05, 0.1) is 6.20 Å². The summed E-state index contributed by atoms with van der Waals surface area (Å²) in [5, 5.41) is 0. The highest BCUT2D eigenvalue weighted by Gasteiger charge is 2.03. The Kier molecular flexibility index (Phi) is 4.21. The molecule has 0 atom stereocenters. The molecule has 0 radical (unpaired) electrons. The fraction of sp³-hybridized carbons (Fsp3) is 0.357. The van der Waals surface area contributed by atoms with E-state index < -0.39 is 0 Å². The van der Waals surface area contributed by atoms with Crippen molar-refractivity contribution < 1.29 is 4.42 Å². The van der Waals surface area contributed by atoms with Crippen LogP contribution < -0.4 is 0 Å². The highest BCUT2D eigenvalue weighted by molar-refractivity contribution is 6.17. The number of benzene rings is 1. The lowest BCUT2D eigenvalue weighted by Crippen LogP contribution is -1.90. The Hall–Kier alpha value is -1.28. The van der Waals surface area contributed by atoms with Gasteiger partial charge in [-0.15, -0.1) is 11.6 Å². The van der Waals surface area contributed by atoms with Crippen molar-refractivity contribution in [3.05, 3.63) is 53.2 Å². The van der Waals surface area contributed by atoms with E-state index in [1.165, 1.54) is 11.1 Å². The van der Waals surface area contributed by atoms with Crippen LogP contribution in [0.4, 0.5) is 0 Å². The van der Waals surface area contributed by atoms with Gasteiger partial charge >= 0.3 is 0 Å². The molecule has 2 nitrogen and oxygen atoms in total. The van der Waals surface area contributed by atoms with E-state index in [0.29, 0.717) is 12.3 Å². The molecule has 0 aliphatic carbocycles. The molecule has 0 spiro atoms. The van der Waals surface area contributed by atoms with E-state index in [2.05, 4.69) is 36.2 Å². The van der Waals surface area contributed by atoms with Crippen LogP contribution in [0.2, 0.25) is 0 Å². The predicted octanol–water partition coefficient (Wildman–Crippen LogP) is 3.55. The van der Waals surface area contributed by atoms with Gasteiger partial charge in [-0.25, -0.2) is 4.98 Å². The Morgan fingerprint density at radius 2 is 2.12 bits per heavy atom. The molecule has 3 heteroatoms. The quantitative estimate of drug-likeness (QED) is 0.758. The molecule has 2 rings (SSSR count).